The van der Waals surface area contributed by atoms with Gasteiger partial charge < -0.3 is 14.5 Å². The number of nitrogens with one attached hydrogen (secondary N) is 2. The van der Waals surface area contributed by atoms with Gasteiger partial charge >= 0.3 is 6.09 Å². The molecule has 0 saturated heterocycles. The Morgan fingerprint density at radius 2 is 2.33 bits per heavy atom. The van der Waals surface area contributed by atoms with Crippen LogP contribution in [0.4, 0.5) is 10.6 Å². The Morgan fingerprint density at radius 1 is 1.46 bits per heavy atom. The third-order valence-electron chi connectivity index (χ3n) is 3.45. The Bertz CT molecular complexity index is 726. The summed E-state index contributed by atoms with van der Waals surface area (Å²) in [7, 11) is 0. The molecular weight excluding hydrogens is 332 g/mol. The molecule has 0 fully saturated rings. The molecule has 128 valence electrons. The van der Waals surface area contributed by atoms with Gasteiger partial charge in [0.2, 0.25) is 5.91 Å². The van der Waals surface area contributed by atoms with Gasteiger partial charge in [0.1, 0.15) is 18.1 Å². The second kappa shape index (κ2) is 7.43. The van der Waals surface area contributed by atoms with Crippen LogP contribution in [0.2, 0.25) is 0 Å². The number of ether oxygens (including phenoxy) is 1. The minimum atomic E-state index is -0.547. The molecule has 1 aliphatic rings. The SMILES string of the molecule is CCOC(=O)Nc1c2c(nn1CC(=O)NCc1ccco1)CSC2. The normalized spacial score (nSPS) is 12.7. The van der Waals surface area contributed by atoms with Gasteiger partial charge in [0.15, 0.2) is 0 Å². The summed E-state index contributed by atoms with van der Waals surface area (Å²) in [6.45, 7) is 2.34. The van der Waals surface area contributed by atoms with Crippen molar-refractivity contribution in [2.75, 3.05) is 11.9 Å². The number of thioether (sulfide) groups is 1. The van der Waals surface area contributed by atoms with Crippen molar-refractivity contribution < 1.29 is 18.7 Å². The smallest absolute Gasteiger partial charge is 0.412 e. The third kappa shape index (κ3) is 3.73. The molecular formula is C15H18N4O4S. The van der Waals surface area contributed by atoms with Crippen molar-refractivity contribution in [2.45, 2.75) is 31.5 Å². The molecule has 0 saturated carbocycles. The molecule has 0 radical (unpaired) electrons. The number of fused-ring (bicyclic) bond motifs is 1. The molecule has 8 nitrogen and oxygen atoms in total. The van der Waals surface area contributed by atoms with Crippen LogP contribution in [0.1, 0.15) is 23.9 Å². The number of carbonyl (C=O) groups excluding carboxylic acids is 2. The fourth-order valence-corrected chi connectivity index (χ4v) is 3.41. The summed E-state index contributed by atoms with van der Waals surface area (Å²) < 4.78 is 11.6. The summed E-state index contributed by atoms with van der Waals surface area (Å²) in [5.41, 5.74) is 1.84. The summed E-state index contributed by atoms with van der Waals surface area (Å²) in [5.74, 6) is 2.51. The Hall–Kier alpha value is -2.42. The van der Waals surface area contributed by atoms with E-state index in [2.05, 4.69) is 15.7 Å². The lowest BCUT2D eigenvalue weighted by Crippen LogP contribution is -2.28. The molecule has 3 rings (SSSR count). The van der Waals surface area contributed by atoms with Crippen molar-refractivity contribution in [2.24, 2.45) is 0 Å². The summed E-state index contributed by atoms with van der Waals surface area (Å²) in [6.07, 6.45) is 1.01. The van der Waals surface area contributed by atoms with Crippen molar-refractivity contribution in [3.05, 3.63) is 35.4 Å². The Kier molecular flexibility index (Phi) is 5.09. The first kappa shape index (κ1) is 16.4. The second-order valence-electron chi connectivity index (χ2n) is 5.13. The monoisotopic (exact) mass is 350 g/mol. The number of carbonyl (C=O) groups is 2. The van der Waals surface area contributed by atoms with Gasteiger partial charge in [-0.2, -0.15) is 16.9 Å². The fourth-order valence-electron chi connectivity index (χ4n) is 2.37. The predicted octanol–water partition coefficient (Wildman–Crippen LogP) is 2.11. The number of furan rings is 1. The highest BCUT2D eigenvalue weighted by Crippen LogP contribution is 2.34. The molecule has 1 aliphatic heterocycles. The van der Waals surface area contributed by atoms with E-state index in [-0.39, 0.29) is 19.1 Å². The number of hydrogen-bond donors (Lipinski definition) is 2. The van der Waals surface area contributed by atoms with E-state index in [1.54, 1.807) is 37.1 Å². The van der Waals surface area contributed by atoms with E-state index in [1.165, 1.54) is 4.68 Å². The average molecular weight is 350 g/mol. The fraction of sp³-hybridized carbons (Fsp3) is 0.400. The third-order valence-corrected chi connectivity index (χ3v) is 4.42. The van der Waals surface area contributed by atoms with Crippen molar-refractivity contribution in [3.63, 3.8) is 0 Å². The van der Waals surface area contributed by atoms with Gasteiger partial charge in [0.25, 0.3) is 0 Å². The van der Waals surface area contributed by atoms with E-state index in [0.717, 1.165) is 22.8 Å². The summed E-state index contributed by atoms with van der Waals surface area (Å²) in [6, 6.07) is 3.55. The van der Waals surface area contributed by atoms with Crippen molar-refractivity contribution in [1.82, 2.24) is 15.1 Å². The zero-order valence-electron chi connectivity index (χ0n) is 13.2. The van der Waals surface area contributed by atoms with Crippen LogP contribution in [-0.2, 0) is 34.1 Å². The first-order chi connectivity index (χ1) is 11.7. The molecule has 0 aliphatic carbocycles. The highest BCUT2D eigenvalue weighted by Gasteiger charge is 2.25. The quantitative estimate of drug-likeness (QED) is 0.828. The first-order valence-electron chi connectivity index (χ1n) is 7.56. The molecule has 0 aromatic carbocycles. The molecule has 2 amide bonds. The van der Waals surface area contributed by atoms with E-state index < -0.39 is 6.09 Å². The minimum absolute atomic E-state index is 0.0140. The predicted molar refractivity (Wildman–Crippen MR) is 88.4 cm³/mol. The number of anilines is 1. The van der Waals surface area contributed by atoms with Crippen LogP contribution >= 0.6 is 11.8 Å². The maximum Gasteiger partial charge on any atom is 0.412 e. The van der Waals surface area contributed by atoms with Crippen LogP contribution in [0.5, 0.6) is 0 Å². The standard InChI is InChI=1S/C15H18N4O4S/c1-2-22-15(21)17-14-11-8-24-9-12(11)18-19(14)7-13(20)16-6-10-4-3-5-23-10/h3-5H,2,6-9H2,1H3,(H,16,20)(H,17,21). The molecule has 0 bridgehead atoms. The number of hydrogen-bond acceptors (Lipinski definition) is 6. The molecule has 3 heterocycles. The molecule has 0 spiro atoms. The van der Waals surface area contributed by atoms with Crippen LogP contribution in [0.15, 0.2) is 22.8 Å². The topological polar surface area (TPSA) is 98.4 Å². The Balaban J connectivity index is 1.68. The summed E-state index contributed by atoms with van der Waals surface area (Å²) >= 11 is 1.72. The molecule has 2 aromatic rings. The van der Waals surface area contributed by atoms with E-state index in [4.69, 9.17) is 9.15 Å². The van der Waals surface area contributed by atoms with Gasteiger partial charge in [-0.15, -0.1) is 0 Å². The van der Waals surface area contributed by atoms with E-state index in [0.29, 0.717) is 18.1 Å². The summed E-state index contributed by atoms with van der Waals surface area (Å²) in [5, 5.41) is 9.89. The minimum Gasteiger partial charge on any atom is -0.467 e. The van der Waals surface area contributed by atoms with E-state index in [9.17, 15) is 9.59 Å². The lowest BCUT2D eigenvalue weighted by Gasteiger charge is -2.10. The van der Waals surface area contributed by atoms with Crippen LogP contribution in [0.25, 0.3) is 0 Å². The van der Waals surface area contributed by atoms with Crippen molar-refractivity contribution in [3.8, 4) is 0 Å². The van der Waals surface area contributed by atoms with Gasteiger partial charge in [-0.3, -0.25) is 10.1 Å². The highest BCUT2D eigenvalue weighted by atomic mass is 32.2. The van der Waals surface area contributed by atoms with Gasteiger partial charge in [0, 0.05) is 17.1 Å². The van der Waals surface area contributed by atoms with E-state index in [1.807, 2.05) is 0 Å². The van der Waals surface area contributed by atoms with Gasteiger partial charge in [-0.25, -0.2) is 9.48 Å². The molecule has 24 heavy (non-hydrogen) atoms. The largest absolute Gasteiger partial charge is 0.467 e. The number of amides is 2. The molecule has 2 N–H and O–H groups in total. The van der Waals surface area contributed by atoms with Crippen LogP contribution in [-0.4, -0.2) is 28.4 Å². The zero-order chi connectivity index (χ0) is 16.9. The first-order valence-corrected chi connectivity index (χ1v) is 8.72. The maximum atomic E-state index is 12.1. The van der Waals surface area contributed by atoms with Gasteiger partial charge in [0.05, 0.1) is 25.1 Å². The van der Waals surface area contributed by atoms with Gasteiger partial charge in [-0.1, -0.05) is 0 Å². The number of rotatable bonds is 6. The van der Waals surface area contributed by atoms with Crippen LogP contribution in [0.3, 0.4) is 0 Å². The molecule has 0 unspecified atom stereocenters. The zero-order valence-corrected chi connectivity index (χ0v) is 14.0. The maximum absolute atomic E-state index is 12.1. The van der Waals surface area contributed by atoms with Crippen molar-refractivity contribution >= 4 is 29.6 Å². The summed E-state index contributed by atoms with van der Waals surface area (Å²) in [4.78, 5) is 23.9. The average Bonchev–Trinajstić information content (AvgIpc) is 3.26. The second-order valence-corrected chi connectivity index (χ2v) is 6.11. The number of aromatic nitrogens is 2. The van der Waals surface area contributed by atoms with Crippen LogP contribution in [0, 0.1) is 0 Å². The van der Waals surface area contributed by atoms with Crippen molar-refractivity contribution in [1.29, 1.82) is 0 Å². The molecule has 0 atom stereocenters. The molecule has 9 heteroatoms. The lowest BCUT2D eigenvalue weighted by molar-refractivity contribution is -0.122. The van der Waals surface area contributed by atoms with Crippen LogP contribution < -0.4 is 10.6 Å². The highest BCUT2D eigenvalue weighted by molar-refractivity contribution is 7.98. The number of nitrogens with zero attached hydrogens (tertiary/aromatic N) is 2. The Labute approximate surface area is 142 Å². The lowest BCUT2D eigenvalue weighted by atomic mass is 10.3. The van der Waals surface area contributed by atoms with E-state index >= 15 is 0 Å². The van der Waals surface area contributed by atoms with Gasteiger partial charge in [-0.05, 0) is 19.1 Å². The molecule has 2 aromatic heterocycles. The Morgan fingerprint density at radius 3 is 3.08 bits per heavy atom.